The fraction of sp³-hybridized carbons (Fsp3) is 0.385. The Hall–Kier alpha value is -2.04. The van der Waals surface area contributed by atoms with Gasteiger partial charge in [0.15, 0.2) is 0 Å². The average molecular weight is 250 g/mol. The Morgan fingerprint density at radius 1 is 1.28 bits per heavy atom. The van der Waals surface area contributed by atoms with E-state index in [0.29, 0.717) is 0 Å². The van der Waals surface area contributed by atoms with Crippen LogP contribution in [0.1, 0.15) is 12.5 Å². The average Bonchev–Trinajstić information content (AvgIpc) is 2.28. The van der Waals surface area contributed by atoms with E-state index in [1.165, 1.54) is 6.92 Å². The van der Waals surface area contributed by atoms with Crippen LogP contribution in [-0.2, 0) is 16.0 Å². The van der Waals surface area contributed by atoms with E-state index >= 15 is 0 Å². The maximum absolute atomic E-state index is 11.0. The number of carbonyl (C=O) groups is 2. The van der Waals surface area contributed by atoms with Crippen molar-refractivity contribution in [1.82, 2.24) is 5.32 Å². The molecule has 1 amide bonds. The second-order valence-electron chi connectivity index (χ2n) is 4.36. The molecule has 0 bridgehead atoms. The molecule has 0 aliphatic carbocycles. The number of carbonyl (C=O) groups excluding carboxylic acids is 1. The SMILES string of the molecule is CC(=O)N[C@@H](Cc1ccc(N(C)C)cc1)C(=O)O. The number of hydrogen-bond acceptors (Lipinski definition) is 3. The van der Waals surface area contributed by atoms with Gasteiger partial charge in [0.25, 0.3) is 0 Å². The summed E-state index contributed by atoms with van der Waals surface area (Å²) in [5.41, 5.74) is 1.92. The van der Waals surface area contributed by atoms with Gasteiger partial charge in [-0.25, -0.2) is 4.79 Å². The number of nitrogens with one attached hydrogen (secondary N) is 1. The molecule has 0 radical (unpaired) electrons. The second-order valence-corrected chi connectivity index (χ2v) is 4.36. The van der Waals surface area contributed by atoms with Gasteiger partial charge in [0, 0.05) is 33.1 Å². The first-order valence-corrected chi connectivity index (χ1v) is 5.66. The molecule has 18 heavy (non-hydrogen) atoms. The third kappa shape index (κ3) is 4.08. The third-order valence-corrected chi connectivity index (χ3v) is 2.57. The molecular formula is C13H18N2O3. The standard InChI is InChI=1S/C13H18N2O3/c1-9(16)14-12(13(17)18)8-10-4-6-11(7-5-10)15(2)3/h4-7,12H,8H2,1-3H3,(H,14,16)(H,17,18)/t12-/m0/s1. The molecule has 0 heterocycles. The van der Waals surface area contributed by atoms with Crippen molar-refractivity contribution < 1.29 is 14.7 Å². The van der Waals surface area contributed by atoms with Gasteiger partial charge in [-0.1, -0.05) is 12.1 Å². The van der Waals surface area contributed by atoms with Gasteiger partial charge in [-0.15, -0.1) is 0 Å². The molecule has 0 saturated heterocycles. The van der Waals surface area contributed by atoms with Crippen molar-refractivity contribution in [3.05, 3.63) is 29.8 Å². The van der Waals surface area contributed by atoms with Crippen LogP contribution in [-0.4, -0.2) is 37.1 Å². The van der Waals surface area contributed by atoms with Crippen molar-refractivity contribution in [3.63, 3.8) is 0 Å². The Balaban J connectivity index is 2.75. The minimum absolute atomic E-state index is 0.280. The largest absolute Gasteiger partial charge is 0.480 e. The molecule has 1 aromatic rings. The number of rotatable bonds is 5. The topological polar surface area (TPSA) is 69.6 Å². The van der Waals surface area contributed by atoms with Crippen LogP contribution in [0.2, 0.25) is 0 Å². The van der Waals surface area contributed by atoms with E-state index in [1.807, 2.05) is 43.3 Å². The van der Waals surface area contributed by atoms with Gasteiger partial charge in [-0.2, -0.15) is 0 Å². The number of aliphatic carboxylic acids is 1. The van der Waals surface area contributed by atoms with Gasteiger partial charge >= 0.3 is 5.97 Å². The molecule has 0 aromatic heterocycles. The maximum atomic E-state index is 11.0. The number of hydrogen-bond donors (Lipinski definition) is 2. The van der Waals surface area contributed by atoms with Crippen molar-refractivity contribution in [3.8, 4) is 0 Å². The van der Waals surface area contributed by atoms with Crippen molar-refractivity contribution in [2.24, 2.45) is 0 Å². The lowest BCUT2D eigenvalue weighted by Crippen LogP contribution is -2.41. The van der Waals surface area contributed by atoms with Crippen LogP contribution in [0.15, 0.2) is 24.3 Å². The lowest BCUT2D eigenvalue weighted by molar-refractivity contribution is -0.141. The number of anilines is 1. The Bertz CT molecular complexity index is 426. The summed E-state index contributed by atoms with van der Waals surface area (Å²) in [5.74, 6) is -1.37. The monoisotopic (exact) mass is 250 g/mol. The van der Waals surface area contributed by atoms with E-state index in [1.54, 1.807) is 0 Å². The molecule has 0 aliphatic heterocycles. The van der Waals surface area contributed by atoms with Crippen LogP contribution in [0.5, 0.6) is 0 Å². The van der Waals surface area contributed by atoms with Crippen LogP contribution >= 0.6 is 0 Å². The zero-order chi connectivity index (χ0) is 13.7. The molecule has 0 aliphatic rings. The number of nitrogens with zero attached hydrogens (tertiary/aromatic N) is 1. The summed E-state index contributed by atoms with van der Waals surface area (Å²) in [6.45, 7) is 1.31. The fourth-order valence-corrected chi connectivity index (χ4v) is 1.61. The molecule has 5 nitrogen and oxygen atoms in total. The minimum Gasteiger partial charge on any atom is -0.480 e. The van der Waals surface area contributed by atoms with Gasteiger partial charge in [-0.3, -0.25) is 4.79 Å². The molecule has 0 saturated carbocycles. The summed E-state index contributed by atoms with van der Waals surface area (Å²) in [6.07, 6.45) is 0.280. The Kier molecular flexibility index (Phi) is 4.71. The minimum atomic E-state index is -1.03. The summed E-state index contributed by atoms with van der Waals surface area (Å²) in [4.78, 5) is 23.9. The molecule has 0 unspecified atom stereocenters. The highest BCUT2D eigenvalue weighted by Crippen LogP contribution is 2.13. The van der Waals surface area contributed by atoms with E-state index < -0.39 is 12.0 Å². The van der Waals surface area contributed by atoms with Gasteiger partial charge in [0.1, 0.15) is 6.04 Å². The summed E-state index contributed by atoms with van der Waals surface area (Å²) >= 11 is 0. The third-order valence-electron chi connectivity index (χ3n) is 2.57. The second kappa shape index (κ2) is 6.05. The van der Waals surface area contributed by atoms with Crippen molar-refractivity contribution in [1.29, 1.82) is 0 Å². The smallest absolute Gasteiger partial charge is 0.326 e. The molecule has 0 spiro atoms. The van der Waals surface area contributed by atoms with Crippen LogP contribution in [0.25, 0.3) is 0 Å². The molecule has 2 N–H and O–H groups in total. The number of carboxylic acid groups (broad SMARTS) is 1. The van der Waals surface area contributed by atoms with Gasteiger partial charge < -0.3 is 15.3 Å². The van der Waals surface area contributed by atoms with Gasteiger partial charge in [0.05, 0.1) is 0 Å². The van der Waals surface area contributed by atoms with E-state index in [0.717, 1.165) is 11.3 Å². The molecule has 5 heteroatoms. The number of benzene rings is 1. The zero-order valence-electron chi connectivity index (χ0n) is 10.8. The van der Waals surface area contributed by atoms with Crippen LogP contribution in [0.3, 0.4) is 0 Å². The Labute approximate surface area is 106 Å². The zero-order valence-corrected chi connectivity index (χ0v) is 10.8. The first-order chi connectivity index (χ1) is 8.40. The first kappa shape index (κ1) is 14.0. The molecule has 1 rings (SSSR count). The lowest BCUT2D eigenvalue weighted by Gasteiger charge is -2.15. The van der Waals surface area contributed by atoms with Crippen molar-refractivity contribution in [2.75, 3.05) is 19.0 Å². The van der Waals surface area contributed by atoms with E-state index in [-0.39, 0.29) is 12.3 Å². The summed E-state index contributed by atoms with van der Waals surface area (Å²) in [5, 5.41) is 11.4. The van der Waals surface area contributed by atoms with E-state index in [4.69, 9.17) is 5.11 Å². The molecule has 0 fully saturated rings. The summed E-state index contributed by atoms with van der Waals surface area (Å²) < 4.78 is 0. The Morgan fingerprint density at radius 2 is 1.83 bits per heavy atom. The molecule has 98 valence electrons. The Morgan fingerprint density at radius 3 is 2.22 bits per heavy atom. The van der Waals surface area contributed by atoms with Crippen molar-refractivity contribution >= 4 is 17.6 Å². The van der Waals surface area contributed by atoms with Gasteiger partial charge in [-0.05, 0) is 17.7 Å². The molecule has 1 aromatic carbocycles. The number of carboxylic acids is 1. The predicted molar refractivity (Wildman–Crippen MR) is 69.7 cm³/mol. The van der Waals surface area contributed by atoms with E-state index in [2.05, 4.69) is 5.32 Å². The number of amides is 1. The lowest BCUT2D eigenvalue weighted by atomic mass is 10.1. The van der Waals surface area contributed by atoms with Crippen molar-refractivity contribution in [2.45, 2.75) is 19.4 Å². The maximum Gasteiger partial charge on any atom is 0.326 e. The summed E-state index contributed by atoms with van der Waals surface area (Å²) in [7, 11) is 3.87. The van der Waals surface area contributed by atoms with Crippen LogP contribution < -0.4 is 10.2 Å². The van der Waals surface area contributed by atoms with Crippen LogP contribution in [0, 0.1) is 0 Å². The fourth-order valence-electron chi connectivity index (χ4n) is 1.61. The molecular weight excluding hydrogens is 232 g/mol. The summed E-state index contributed by atoms with van der Waals surface area (Å²) in [6, 6.07) is 6.69. The highest BCUT2D eigenvalue weighted by atomic mass is 16.4. The highest BCUT2D eigenvalue weighted by Gasteiger charge is 2.18. The normalized spacial score (nSPS) is 11.7. The first-order valence-electron chi connectivity index (χ1n) is 5.66. The predicted octanol–water partition coefficient (Wildman–Crippen LogP) is 0.884. The highest BCUT2D eigenvalue weighted by molar-refractivity contribution is 5.82. The van der Waals surface area contributed by atoms with Crippen LogP contribution in [0.4, 0.5) is 5.69 Å². The quantitative estimate of drug-likeness (QED) is 0.814. The van der Waals surface area contributed by atoms with E-state index in [9.17, 15) is 9.59 Å². The molecule has 1 atom stereocenters. The van der Waals surface area contributed by atoms with Gasteiger partial charge in [0.2, 0.25) is 5.91 Å².